The molecule has 1 aliphatic rings. The molecule has 3 N–H and O–H groups in total. The number of aromatic nitrogens is 2. The SMILES string of the molecule is CN1CCC(CNc2nc(NCc3cccc4ccccc34)ncc2[N+](=O)O)CC1. The molecule has 8 nitrogen and oxygen atoms in total. The third kappa shape index (κ3) is 4.65. The normalized spacial score (nSPS) is 15.2. The van der Waals surface area contributed by atoms with Crippen molar-refractivity contribution in [2.45, 2.75) is 19.4 Å². The second kappa shape index (κ2) is 9.04. The van der Waals surface area contributed by atoms with Crippen molar-refractivity contribution < 1.29 is 10.1 Å². The number of piperidine rings is 1. The highest BCUT2D eigenvalue weighted by Crippen LogP contribution is 2.24. The van der Waals surface area contributed by atoms with Crippen molar-refractivity contribution in [3.8, 4) is 0 Å². The summed E-state index contributed by atoms with van der Waals surface area (Å²) in [6.07, 6.45) is 3.52. The van der Waals surface area contributed by atoms with E-state index in [0.29, 0.717) is 30.8 Å². The fourth-order valence-corrected chi connectivity index (χ4v) is 3.86. The summed E-state index contributed by atoms with van der Waals surface area (Å²) in [7, 11) is 2.13. The molecule has 0 bridgehead atoms. The fraction of sp³-hybridized carbons (Fsp3) is 0.364. The summed E-state index contributed by atoms with van der Waals surface area (Å²) in [5, 5.41) is 18.2. The Hall–Kier alpha value is -3.26. The zero-order valence-corrected chi connectivity index (χ0v) is 17.1. The van der Waals surface area contributed by atoms with E-state index >= 15 is 0 Å². The van der Waals surface area contributed by atoms with Gasteiger partial charge >= 0.3 is 5.69 Å². The number of hydrogen-bond donors (Lipinski definition) is 3. The van der Waals surface area contributed by atoms with Gasteiger partial charge < -0.3 is 15.5 Å². The number of likely N-dealkylation sites (tertiary alicyclic amines) is 1. The van der Waals surface area contributed by atoms with Crippen LogP contribution in [0, 0.1) is 10.8 Å². The highest BCUT2D eigenvalue weighted by molar-refractivity contribution is 5.85. The first-order valence-electron chi connectivity index (χ1n) is 10.3. The molecule has 4 rings (SSSR count). The van der Waals surface area contributed by atoms with Crippen LogP contribution in [0.25, 0.3) is 10.8 Å². The summed E-state index contributed by atoms with van der Waals surface area (Å²) in [6.45, 7) is 3.38. The average Bonchev–Trinajstić information content (AvgIpc) is 2.77. The smallest absolute Gasteiger partial charge is 0.364 e. The number of fused-ring (bicyclic) bond motifs is 1. The van der Waals surface area contributed by atoms with Crippen molar-refractivity contribution in [3.05, 3.63) is 59.1 Å². The molecule has 0 aliphatic carbocycles. The summed E-state index contributed by atoms with van der Waals surface area (Å²) in [5.74, 6) is 1.25. The summed E-state index contributed by atoms with van der Waals surface area (Å²) < 4.78 is 0. The number of hydrogen-bond acceptors (Lipinski definition) is 6. The molecular formula is C22H27N6O2+. The van der Waals surface area contributed by atoms with Gasteiger partial charge in [-0.05, 0) is 55.2 Å². The first kappa shape index (κ1) is 20.0. The van der Waals surface area contributed by atoms with Gasteiger partial charge in [0, 0.05) is 13.1 Å². The molecule has 0 amide bonds. The predicted molar refractivity (Wildman–Crippen MR) is 117 cm³/mol. The summed E-state index contributed by atoms with van der Waals surface area (Å²) in [5.41, 5.74) is 1.15. The molecule has 3 aromatic rings. The summed E-state index contributed by atoms with van der Waals surface area (Å²) in [4.78, 5) is 22.3. The van der Waals surface area contributed by atoms with Crippen LogP contribution in [0.15, 0.2) is 48.7 Å². The first-order chi connectivity index (χ1) is 14.6. The van der Waals surface area contributed by atoms with Crippen LogP contribution in [0.5, 0.6) is 0 Å². The van der Waals surface area contributed by atoms with E-state index in [1.165, 1.54) is 17.0 Å². The Morgan fingerprint density at radius 1 is 1.13 bits per heavy atom. The van der Waals surface area contributed by atoms with Gasteiger partial charge in [0.25, 0.3) is 4.92 Å². The molecule has 0 spiro atoms. The van der Waals surface area contributed by atoms with Crippen LogP contribution in [-0.4, -0.2) is 51.7 Å². The van der Waals surface area contributed by atoms with Crippen LogP contribution in [-0.2, 0) is 6.54 Å². The summed E-state index contributed by atoms with van der Waals surface area (Å²) >= 11 is 0. The molecule has 0 atom stereocenters. The number of anilines is 2. The lowest BCUT2D eigenvalue weighted by Gasteiger charge is -2.28. The highest BCUT2D eigenvalue weighted by Gasteiger charge is 2.24. The number of nitrogens with one attached hydrogen (secondary N) is 2. The Bertz CT molecular complexity index is 1030. The maximum Gasteiger partial charge on any atom is 0.376 e. The molecule has 0 unspecified atom stereocenters. The quantitative estimate of drug-likeness (QED) is 0.513. The molecule has 0 saturated carbocycles. The van der Waals surface area contributed by atoms with Gasteiger partial charge in [-0.15, -0.1) is 0 Å². The van der Waals surface area contributed by atoms with Crippen LogP contribution in [0.3, 0.4) is 0 Å². The number of benzene rings is 2. The number of nitrogens with zero attached hydrogens (tertiary/aromatic N) is 4. The van der Waals surface area contributed by atoms with E-state index in [9.17, 15) is 10.1 Å². The summed E-state index contributed by atoms with van der Waals surface area (Å²) in [6, 6.07) is 14.4. The fourth-order valence-electron chi connectivity index (χ4n) is 3.86. The minimum Gasteiger partial charge on any atom is -0.364 e. The van der Waals surface area contributed by atoms with Crippen molar-refractivity contribution in [1.82, 2.24) is 14.9 Å². The van der Waals surface area contributed by atoms with Gasteiger partial charge in [-0.1, -0.05) is 42.5 Å². The molecule has 0 radical (unpaired) electrons. The highest BCUT2D eigenvalue weighted by atomic mass is 16.6. The Kier molecular flexibility index (Phi) is 6.04. The van der Waals surface area contributed by atoms with Crippen molar-refractivity contribution in [2.24, 2.45) is 5.92 Å². The Morgan fingerprint density at radius 2 is 1.90 bits per heavy atom. The second-order valence-corrected chi connectivity index (χ2v) is 7.82. The molecule has 2 heterocycles. The second-order valence-electron chi connectivity index (χ2n) is 7.82. The van der Waals surface area contributed by atoms with Gasteiger partial charge in [0.1, 0.15) is 6.20 Å². The lowest BCUT2D eigenvalue weighted by atomic mass is 9.97. The zero-order chi connectivity index (χ0) is 20.9. The van der Waals surface area contributed by atoms with Crippen molar-refractivity contribution in [1.29, 1.82) is 0 Å². The first-order valence-corrected chi connectivity index (χ1v) is 10.3. The topological polar surface area (TPSA) is 93.4 Å². The van der Waals surface area contributed by atoms with Gasteiger partial charge in [0.2, 0.25) is 11.8 Å². The number of rotatable bonds is 7. The average molecular weight is 407 g/mol. The molecule has 1 fully saturated rings. The molecule has 1 aliphatic heterocycles. The third-order valence-electron chi connectivity index (χ3n) is 5.69. The van der Waals surface area contributed by atoms with E-state index < -0.39 is 0 Å². The van der Waals surface area contributed by atoms with Gasteiger partial charge in [0.05, 0.1) is 4.91 Å². The van der Waals surface area contributed by atoms with E-state index in [1.807, 2.05) is 18.2 Å². The maximum absolute atomic E-state index is 11.5. The van der Waals surface area contributed by atoms with Crippen LogP contribution in [0.4, 0.5) is 17.5 Å². The zero-order valence-electron chi connectivity index (χ0n) is 17.1. The van der Waals surface area contributed by atoms with Gasteiger partial charge in [-0.2, -0.15) is 4.98 Å². The lowest BCUT2D eigenvalue weighted by molar-refractivity contribution is -0.729. The lowest BCUT2D eigenvalue weighted by Crippen LogP contribution is -2.33. The standard InChI is InChI=1S/C22H27N6O2/c1-27-11-9-16(10-12-27)13-23-21-20(28(29)30)15-25-22(26-21)24-14-18-7-4-6-17-5-2-3-8-19(17)18/h2-8,15-16H,9-14H2,1H3,(H,29,30)(H2,23,24,25,26)/q+1. The molecule has 1 aromatic heterocycles. The molecule has 156 valence electrons. The molecule has 8 heteroatoms. The van der Waals surface area contributed by atoms with Gasteiger partial charge in [-0.3, -0.25) is 0 Å². The van der Waals surface area contributed by atoms with Crippen LogP contribution < -0.4 is 10.6 Å². The van der Waals surface area contributed by atoms with Crippen molar-refractivity contribution in [2.75, 3.05) is 37.3 Å². The van der Waals surface area contributed by atoms with E-state index in [1.54, 1.807) is 0 Å². The van der Waals surface area contributed by atoms with E-state index in [4.69, 9.17) is 0 Å². The van der Waals surface area contributed by atoms with E-state index in [0.717, 1.165) is 31.5 Å². The Labute approximate surface area is 175 Å². The van der Waals surface area contributed by atoms with Gasteiger partial charge in [0.15, 0.2) is 0 Å². The largest absolute Gasteiger partial charge is 0.376 e. The molecule has 1 saturated heterocycles. The maximum atomic E-state index is 11.5. The Morgan fingerprint density at radius 3 is 2.70 bits per heavy atom. The predicted octanol–water partition coefficient (Wildman–Crippen LogP) is 3.80. The van der Waals surface area contributed by atoms with Crippen LogP contribution >= 0.6 is 0 Å². The minimum absolute atomic E-state index is 0.0126. The molecular weight excluding hydrogens is 380 g/mol. The Balaban J connectivity index is 1.47. The van der Waals surface area contributed by atoms with Gasteiger partial charge in [-0.25, -0.2) is 10.2 Å². The van der Waals surface area contributed by atoms with E-state index in [2.05, 4.69) is 56.8 Å². The van der Waals surface area contributed by atoms with Crippen LogP contribution in [0.2, 0.25) is 0 Å². The monoisotopic (exact) mass is 407 g/mol. The molecule has 2 aromatic carbocycles. The van der Waals surface area contributed by atoms with E-state index in [-0.39, 0.29) is 10.6 Å². The van der Waals surface area contributed by atoms with Crippen molar-refractivity contribution in [3.63, 3.8) is 0 Å². The molecule has 30 heavy (non-hydrogen) atoms. The van der Waals surface area contributed by atoms with Crippen LogP contribution in [0.1, 0.15) is 18.4 Å². The minimum atomic E-state index is -0.189. The third-order valence-corrected chi connectivity index (χ3v) is 5.69. The van der Waals surface area contributed by atoms with Crippen molar-refractivity contribution >= 4 is 28.2 Å².